The molecule has 0 unspecified atom stereocenters. The lowest BCUT2D eigenvalue weighted by atomic mass is 10.0. The zero-order valence-corrected chi connectivity index (χ0v) is 11.5. The van der Waals surface area contributed by atoms with Crippen molar-refractivity contribution >= 4 is 0 Å². The fourth-order valence-electron chi connectivity index (χ4n) is 2.28. The molecule has 0 radical (unpaired) electrons. The van der Waals surface area contributed by atoms with E-state index in [0.29, 0.717) is 0 Å². The lowest BCUT2D eigenvalue weighted by Gasteiger charge is -2.02. The number of unbranched alkanes of at least 4 members (excludes halogenated alkanes) is 4. The van der Waals surface area contributed by atoms with E-state index in [1.807, 2.05) is 6.07 Å². The van der Waals surface area contributed by atoms with Crippen molar-refractivity contribution in [3.8, 4) is 0 Å². The monoisotopic (exact) mass is 254 g/mol. The van der Waals surface area contributed by atoms with Crippen LogP contribution in [-0.2, 0) is 12.8 Å². The summed E-state index contributed by atoms with van der Waals surface area (Å²) in [5.74, 6) is 0. The Morgan fingerprint density at radius 1 is 0.684 bits per heavy atom. The summed E-state index contributed by atoms with van der Waals surface area (Å²) in [6, 6.07) is 14.8. The van der Waals surface area contributed by atoms with E-state index in [1.54, 1.807) is 6.20 Å². The molecule has 0 bridgehead atoms. The summed E-state index contributed by atoms with van der Waals surface area (Å²) in [6.45, 7) is 0. The zero-order valence-electron chi connectivity index (χ0n) is 11.5. The highest BCUT2D eigenvalue weighted by Gasteiger charge is 1.96. The average Bonchev–Trinajstić information content (AvgIpc) is 2.48. The van der Waals surface area contributed by atoms with E-state index in [9.17, 15) is 0 Å². The first-order chi connectivity index (χ1) is 9.45. The zero-order chi connectivity index (χ0) is 13.2. The molecule has 0 saturated heterocycles. The Bertz CT molecular complexity index is 396. The van der Waals surface area contributed by atoms with Crippen LogP contribution in [0.5, 0.6) is 0 Å². The number of aromatic nitrogens is 2. The second kappa shape index (κ2) is 8.41. The van der Waals surface area contributed by atoms with Gasteiger partial charge in [0.1, 0.15) is 0 Å². The molecule has 0 N–H and O–H groups in total. The number of hydrogen-bond acceptors (Lipinski definition) is 2. The summed E-state index contributed by atoms with van der Waals surface area (Å²) >= 11 is 0. The molecule has 1 aromatic heterocycles. The maximum absolute atomic E-state index is 4.10. The molecular formula is C17H22N2. The topological polar surface area (TPSA) is 25.8 Å². The number of hydrogen-bond donors (Lipinski definition) is 0. The number of benzene rings is 1. The summed E-state index contributed by atoms with van der Waals surface area (Å²) in [7, 11) is 0. The van der Waals surface area contributed by atoms with Crippen molar-refractivity contribution < 1.29 is 0 Å². The van der Waals surface area contributed by atoms with Gasteiger partial charge in [-0.25, -0.2) is 0 Å². The molecule has 2 heteroatoms. The van der Waals surface area contributed by atoms with Crippen LogP contribution in [0.1, 0.15) is 43.4 Å². The van der Waals surface area contributed by atoms with Crippen LogP contribution in [0.3, 0.4) is 0 Å². The molecule has 1 heterocycles. The Morgan fingerprint density at radius 3 is 2.16 bits per heavy atom. The Morgan fingerprint density at radius 2 is 1.42 bits per heavy atom. The van der Waals surface area contributed by atoms with Crippen molar-refractivity contribution in [1.82, 2.24) is 10.2 Å². The maximum Gasteiger partial charge on any atom is 0.0631 e. The Hall–Kier alpha value is -1.70. The van der Waals surface area contributed by atoms with Crippen LogP contribution in [0, 0.1) is 0 Å². The normalized spacial score (nSPS) is 10.5. The highest BCUT2D eigenvalue weighted by atomic mass is 15.1. The van der Waals surface area contributed by atoms with Crippen molar-refractivity contribution in [2.45, 2.75) is 44.9 Å². The van der Waals surface area contributed by atoms with Gasteiger partial charge in [0.15, 0.2) is 0 Å². The van der Waals surface area contributed by atoms with Crippen LogP contribution in [0.4, 0.5) is 0 Å². The number of rotatable bonds is 8. The fourth-order valence-corrected chi connectivity index (χ4v) is 2.28. The largest absolute Gasteiger partial charge is 0.159 e. The van der Waals surface area contributed by atoms with Crippen molar-refractivity contribution in [2.75, 3.05) is 0 Å². The summed E-state index contributed by atoms with van der Waals surface area (Å²) < 4.78 is 0. The van der Waals surface area contributed by atoms with Gasteiger partial charge in [-0.2, -0.15) is 10.2 Å². The van der Waals surface area contributed by atoms with E-state index < -0.39 is 0 Å². The predicted octanol–water partition coefficient (Wildman–Crippen LogP) is 4.21. The summed E-state index contributed by atoms with van der Waals surface area (Å²) in [4.78, 5) is 0. The molecule has 100 valence electrons. The molecule has 0 fully saturated rings. The quantitative estimate of drug-likeness (QED) is 0.659. The van der Waals surface area contributed by atoms with Crippen LogP contribution < -0.4 is 0 Å². The first kappa shape index (κ1) is 13.7. The minimum atomic E-state index is 1.06. The van der Waals surface area contributed by atoms with Crippen molar-refractivity contribution in [2.24, 2.45) is 0 Å². The first-order valence-corrected chi connectivity index (χ1v) is 7.25. The first-order valence-electron chi connectivity index (χ1n) is 7.25. The van der Waals surface area contributed by atoms with Crippen LogP contribution in [0.2, 0.25) is 0 Å². The minimum Gasteiger partial charge on any atom is -0.159 e. The molecule has 2 nitrogen and oxygen atoms in total. The molecule has 0 atom stereocenters. The number of nitrogens with zero attached hydrogens (tertiary/aromatic N) is 2. The third-order valence-corrected chi connectivity index (χ3v) is 3.37. The standard InChI is InChI=1S/C17H22N2/c1(2-5-10-16-11-6-4-7-12-16)3-8-13-17-14-9-15-18-19-17/h4,6-7,9,11-12,14-15H,1-3,5,8,10,13H2. The fraction of sp³-hybridized carbons (Fsp3) is 0.412. The van der Waals surface area contributed by atoms with Gasteiger partial charge in [-0.3, -0.25) is 0 Å². The van der Waals surface area contributed by atoms with Crippen LogP contribution in [0.25, 0.3) is 0 Å². The molecule has 0 amide bonds. The van der Waals surface area contributed by atoms with E-state index in [4.69, 9.17) is 0 Å². The molecule has 19 heavy (non-hydrogen) atoms. The van der Waals surface area contributed by atoms with E-state index in [2.05, 4.69) is 46.6 Å². The highest BCUT2D eigenvalue weighted by molar-refractivity contribution is 5.14. The molecule has 1 aromatic carbocycles. The second-order valence-corrected chi connectivity index (χ2v) is 4.97. The average molecular weight is 254 g/mol. The van der Waals surface area contributed by atoms with Crippen LogP contribution >= 0.6 is 0 Å². The van der Waals surface area contributed by atoms with Crippen LogP contribution in [0.15, 0.2) is 48.7 Å². The summed E-state index contributed by atoms with van der Waals surface area (Å²) in [5, 5.41) is 8.00. The van der Waals surface area contributed by atoms with Gasteiger partial charge in [0, 0.05) is 6.20 Å². The lowest BCUT2D eigenvalue weighted by Crippen LogP contribution is -1.92. The van der Waals surface area contributed by atoms with Gasteiger partial charge in [0.25, 0.3) is 0 Å². The SMILES string of the molecule is c1ccc(CCCCCCCc2cccnn2)cc1. The van der Waals surface area contributed by atoms with Crippen LogP contribution in [-0.4, -0.2) is 10.2 Å². The van der Waals surface area contributed by atoms with Crippen molar-refractivity contribution in [3.63, 3.8) is 0 Å². The van der Waals surface area contributed by atoms with E-state index >= 15 is 0 Å². The van der Waals surface area contributed by atoms with Gasteiger partial charge in [0.2, 0.25) is 0 Å². The highest BCUT2D eigenvalue weighted by Crippen LogP contribution is 2.10. The molecule has 0 aliphatic carbocycles. The van der Waals surface area contributed by atoms with Crippen molar-refractivity contribution in [1.29, 1.82) is 0 Å². The molecule has 2 aromatic rings. The van der Waals surface area contributed by atoms with Crippen molar-refractivity contribution in [3.05, 3.63) is 59.9 Å². The molecule has 0 saturated carbocycles. The Balaban J connectivity index is 1.49. The van der Waals surface area contributed by atoms with Gasteiger partial charge >= 0.3 is 0 Å². The Labute approximate surface area is 115 Å². The molecular weight excluding hydrogens is 232 g/mol. The lowest BCUT2D eigenvalue weighted by molar-refractivity contribution is 0.608. The van der Waals surface area contributed by atoms with Gasteiger partial charge in [0.05, 0.1) is 5.69 Å². The Kier molecular flexibility index (Phi) is 6.08. The van der Waals surface area contributed by atoms with Gasteiger partial charge < -0.3 is 0 Å². The second-order valence-electron chi connectivity index (χ2n) is 4.97. The predicted molar refractivity (Wildman–Crippen MR) is 79.0 cm³/mol. The maximum atomic E-state index is 4.10. The summed E-state index contributed by atoms with van der Waals surface area (Å²) in [6.07, 6.45) is 10.5. The van der Waals surface area contributed by atoms with E-state index in [0.717, 1.165) is 12.1 Å². The minimum absolute atomic E-state index is 1.06. The summed E-state index contributed by atoms with van der Waals surface area (Å²) in [5.41, 5.74) is 2.58. The number of aryl methyl sites for hydroxylation is 2. The molecule has 0 aliphatic heterocycles. The molecule has 2 rings (SSSR count). The smallest absolute Gasteiger partial charge is 0.0631 e. The van der Waals surface area contributed by atoms with E-state index in [1.165, 1.54) is 44.1 Å². The molecule has 0 spiro atoms. The van der Waals surface area contributed by atoms with Gasteiger partial charge in [-0.15, -0.1) is 0 Å². The molecule has 0 aliphatic rings. The van der Waals surface area contributed by atoms with E-state index in [-0.39, 0.29) is 0 Å². The van der Waals surface area contributed by atoms with Gasteiger partial charge in [-0.1, -0.05) is 49.6 Å². The van der Waals surface area contributed by atoms with Gasteiger partial charge in [-0.05, 0) is 43.4 Å². The third kappa shape index (κ3) is 5.64. The third-order valence-electron chi connectivity index (χ3n) is 3.37.